The molecule has 0 spiro atoms. The van der Waals surface area contributed by atoms with Crippen molar-refractivity contribution in [2.75, 3.05) is 0 Å². The van der Waals surface area contributed by atoms with Crippen molar-refractivity contribution in [3.63, 3.8) is 0 Å². The molecule has 3 nitrogen and oxygen atoms in total. The Morgan fingerprint density at radius 3 is 2.68 bits per heavy atom. The number of para-hydroxylation sites is 1. The van der Waals surface area contributed by atoms with Crippen LogP contribution in [-0.4, -0.2) is 5.91 Å². The normalized spacial score (nSPS) is 12.3. The highest BCUT2D eigenvalue weighted by molar-refractivity contribution is 9.10. The SMILES string of the molecule is Cc1c(C(=O)NC(C)c2cccc(Br)c2)oc2ccccc12. The summed E-state index contributed by atoms with van der Waals surface area (Å²) >= 11 is 3.45. The summed E-state index contributed by atoms with van der Waals surface area (Å²) in [5.41, 5.74) is 2.64. The van der Waals surface area contributed by atoms with E-state index < -0.39 is 0 Å². The van der Waals surface area contributed by atoms with Gasteiger partial charge in [-0.2, -0.15) is 0 Å². The number of aryl methyl sites for hydroxylation is 1. The van der Waals surface area contributed by atoms with Crippen LogP contribution in [0.15, 0.2) is 57.4 Å². The number of furan rings is 1. The Morgan fingerprint density at radius 1 is 1.18 bits per heavy atom. The number of fused-ring (bicyclic) bond motifs is 1. The highest BCUT2D eigenvalue weighted by Crippen LogP contribution is 2.25. The molecule has 0 saturated carbocycles. The third-order valence-corrected chi connectivity index (χ3v) is 4.24. The first-order valence-corrected chi connectivity index (χ1v) is 7.90. The summed E-state index contributed by atoms with van der Waals surface area (Å²) in [6.45, 7) is 3.86. The van der Waals surface area contributed by atoms with Crippen molar-refractivity contribution in [2.24, 2.45) is 0 Å². The topological polar surface area (TPSA) is 42.2 Å². The van der Waals surface area contributed by atoms with Crippen LogP contribution in [0.25, 0.3) is 11.0 Å². The summed E-state index contributed by atoms with van der Waals surface area (Å²) in [7, 11) is 0. The predicted molar refractivity (Wildman–Crippen MR) is 91.0 cm³/mol. The minimum atomic E-state index is -0.193. The molecule has 1 N–H and O–H groups in total. The second kappa shape index (κ2) is 5.97. The molecular formula is C18H16BrNO2. The summed E-state index contributed by atoms with van der Waals surface area (Å²) in [4.78, 5) is 12.5. The number of hydrogen-bond acceptors (Lipinski definition) is 2. The second-order valence-electron chi connectivity index (χ2n) is 5.30. The first-order chi connectivity index (χ1) is 10.6. The smallest absolute Gasteiger partial charge is 0.287 e. The Bertz CT molecular complexity index is 838. The van der Waals surface area contributed by atoms with Crippen LogP contribution in [0.2, 0.25) is 0 Å². The molecule has 3 aromatic rings. The lowest BCUT2D eigenvalue weighted by molar-refractivity contribution is 0.0913. The van der Waals surface area contributed by atoms with Crippen molar-refractivity contribution in [3.8, 4) is 0 Å². The first-order valence-electron chi connectivity index (χ1n) is 7.10. The van der Waals surface area contributed by atoms with Crippen molar-refractivity contribution in [1.82, 2.24) is 5.32 Å². The van der Waals surface area contributed by atoms with E-state index >= 15 is 0 Å². The molecule has 0 aliphatic carbocycles. The van der Waals surface area contributed by atoms with Crippen LogP contribution in [0.4, 0.5) is 0 Å². The van der Waals surface area contributed by atoms with Crippen molar-refractivity contribution in [2.45, 2.75) is 19.9 Å². The van der Waals surface area contributed by atoms with Gasteiger partial charge in [-0.25, -0.2) is 0 Å². The van der Waals surface area contributed by atoms with Crippen LogP contribution in [0, 0.1) is 6.92 Å². The number of benzene rings is 2. The first kappa shape index (κ1) is 14.9. The van der Waals surface area contributed by atoms with E-state index in [0.29, 0.717) is 5.76 Å². The average Bonchev–Trinajstić information content (AvgIpc) is 2.85. The standard InChI is InChI=1S/C18H16BrNO2/c1-11-15-8-3-4-9-16(15)22-17(11)18(21)20-12(2)13-6-5-7-14(19)10-13/h3-10,12H,1-2H3,(H,20,21). The fraction of sp³-hybridized carbons (Fsp3) is 0.167. The van der Waals surface area contributed by atoms with Gasteiger partial charge in [0.05, 0.1) is 6.04 Å². The fourth-order valence-corrected chi connectivity index (χ4v) is 2.93. The maximum atomic E-state index is 12.5. The van der Waals surface area contributed by atoms with Gasteiger partial charge in [-0.05, 0) is 37.6 Å². The number of carbonyl (C=O) groups is 1. The van der Waals surface area contributed by atoms with Gasteiger partial charge in [0.15, 0.2) is 5.76 Å². The number of carbonyl (C=O) groups excluding carboxylic acids is 1. The largest absolute Gasteiger partial charge is 0.451 e. The van der Waals surface area contributed by atoms with Gasteiger partial charge in [-0.1, -0.05) is 46.3 Å². The quantitative estimate of drug-likeness (QED) is 0.716. The molecule has 0 fully saturated rings. The van der Waals surface area contributed by atoms with E-state index in [2.05, 4.69) is 21.2 Å². The molecule has 1 heterocycles. The number of nitrogens with one attached hydrogen (secondary N) is 1. The zero-order valence-electron chi connectivity index (χ0n) is 12.4. The molecule has 0 bridgehead atoms. The van der Waals surface area contributed by atoms with Crippen molar-refractivity contribution < 1.29 is 9.21 Å². The number of rotatable bonds is 3. The lowest BCUT2D eigenvalue weighted by Gasteiger charge is -2.14. The van der Waals surface area contributed by atoms with E-state index in [1.807, 2.05) is 62.4 Å². The Morgan fingerprint density at radius 2 is 1.95 bits per heavy atom. The van der Waals surface area contributed by atoms with Gasteiger partial charge in [-0.3, -0.25) is 4.79 Å². The summed E-state index contributed by atoms with van der Waals surface area (Å²) in [5, 5.41) is 3.96. The van der Waals surface area contributed by atoms with Crippen molar-refractivity contribution in [3.05, 3.63) is 69.9 Å². The Kier molecular flexibility index (Phi) is 4.03. The molecule has 0 radical (unpaired) electrons. The van der Waals surface area contributed by atoms with E-state index in [-0.39, 0.29) is 11.9 Å². The van der Waals surface area contributed by atoms with Crippen LogP contribution in [-0.2, 0) is 0 Å². The van der Waals surface area contributed by atoms with Crippen LogP contribution in [0.1, 0.15) is 34.6 Å². The summed E-state index contributed by atoms with van der Waals surface area (Å²) in [6.07, 6.45) is 0. The third-order valence-electron chi connectivity index (χ3n) is 3.75. The molecule has 1 atom stereocenters. The van der Waals surface area contributed by atoms with Gasteiger partial charge >= 0.3 is 0 Å². The molecule has 112 valence electrons. The molecule has 0 saturated heterocycles. The summed E-state index contributed by atoms with van der Waals surface area (Å²) in [5.74, 6) is 0.184. The third kappa shape index (κ3) is 2.79. The summed E-state index contributed by atoms with van der Waals surface area (Å²) < 4.78 is 6.69. The second-order valence-corrected chi connectivity index (χ2v) is 6.22. The number of hydrogen-bond donors (Lipinski definition) is 1. The van der Waals surface area contributed by atoms with Gasteiger partial charge in [0.2, 0.25) is 0 Å². The number of halogens is 1. The van der Waals surface area contributed by atoms with E-state index in [9.17, 15) is 4.79 Å². The maximum absolute atomic E-state index is 12.5. The van der Waals surface area contributed by atoms with Gasteiger partial charge in [-0.15, -0.1) is 0 Å². The monoisotopic (exact) mass is 357 g/mol. The van der Waals surface area contributed by atoms with Crippen molar-refractivity contribution in [1.29, 1.82) is 0 Å². The van der Waals surface area contributed by atoms with Crippen LogP contribution >= 0.6 is 15.9 Å². The number of amides is 1. The molecule has 0 aliphatic rings. The lowest BCUT2D eigenvalue weighted by Crippen LogP contribution is -2.26. The van der Waals surface area contributed by atoms with Gasteiger partial charge in [0, 0.05) is 15.4 Å². The van der Waals surface area contributed by atoms with Crippen LogP contribution in [0.5, 0.6) is 0 Å². The molecular weight excluding hydrogens is 342 g/mol. The predicted octanol–water partition coefficient (Wildman–Crippen LogP) is 4.99. The molecule has 3 rings (SSSR count). The molecule has 0 aliphatic heterocycles. The molecule has 1 aromatic heterocycles. The molecule has 1 unspecified atom stereocenters. The van der Waals surface area contributed by atoms with Crippen molar-refractivity contribution >= 4 is 32.8 Å². The van der Waals surface area contributed by atoms with Crippen LogP contribution < -0.4 is 5.32 Å². The maximum Gasteiger partial charge on any atom is 0.287 e. The van der Waals surface area contributed by atoms with Crippen LogP contribution in [0.3, 0.4) is 0 Å². The van der Waals surface area contributed by atoms with Gasteiger partial charge in [0.25, 0.3) is 5.91 Å². The molecule has 22 heavy (non-hydrogen) atoms. The fourth-order valence-electron chi connectivity index (χ4n) is 2.51. The zero-order chi connectivity index (χ0) is 15.7. The minimum absolute atomic E-state index is 0.0994. The molecule has 2 aromatic carbocycles. The molecule has 1 amide bonds. The van der Waals surface area contributed by atoms with E-state index in [1.165, 1.54) is 0 Å². The van der Waals surface area contributed by atoms with Gasteiger partial charge < -0.3 is 9.73 Å². The van der Waals surface area contributed by atoms with E-state index in [1.54, 1.807) is 0 Å². The highest BCUT2D eigenvalue weighted by atomic mass is 79.9. The lowest BCUT2D eigenvalue weighted by atomic mass is 10.1. The summed E-state index contributed by atoms with van der Waals surface area (Å²) in [6, 6.07) is 15.5. The Hall–Kier alpha value is -2.07. The zero-order valence-corrected chi connectivity index (χ0v) is 14.0. The van der Waals surface area contributed by atoms with E-state index in [0.717, 1.165) is 26.6 Å². The molecule has 4 heteroatoms. The Labute approximate surface area is 137 Å². The van der Waals surface area contributed by atoms with E-state index in [4.69, 9.17) is 4.42 Å². The minimum Gasteiger partial charge on any atom is -0.451 e. The Balaban J connectivity index is 1.85. The average molecular weight is 358 g/mol. The highest BCUT2D eigenvalue weighted by Gasteiger charge is 2.19. The van der Waals surface area contributed by atoms with Gasteiger partial charge in [0.1, 0.15) is 5.58 Å².